The molecule has 0 aliphatic carbocycles. The SMILES string of the molecule is Cc1ccc(-c2noc(-c3c(C)c(Cl)c(C)[nH]c3=O)n2)nn1. The minimum atomic E-state index is -0.329. The van der Waals surface area contributed by atoms with Gasteiger partial charge >= 0.3 is 0 Å². The molecule has 0 aromatic carbocycles. The molecule has 1 N–H and O–H groups in total. The van der Waals surface area contributed by atoms with Crippen LogP contribution in [-0.4, -0.2) is 25.3 Å². The van der Waals surface area contributed by atoms with Crippen LogP contribution < -0.4 is 5.56 Å². The molecule has 3 aromatic rings. The topological polar surface area (TPSA) is 97.6 Å². The van der Waals surface area contributed by atoms with Gasteiger partial charge in [-0.1, -0.05) is 16.8 Å². The van der Waals surface area contributed by atoms with Crippen LogP contribution in [0.25, 0.3) is 23.0 Å². The molecule has 8 heteroatoms. The Bertz CT molecular complexity index is 899. The van der Waals surface area contributed by atoms with Gasteiger partial charge in [0.2, 0.25) is 5.82 Å². The number of rotatable bonds is 2. The van der Waals surface area contributed by atoms with Crippen molar-refractivity contribution in [3.8, 4) is 23.0 Å². The van der Waals surface area contributed by atoms with E-state index in [0.717, 1.165) is 5.69 Å². The van der Waals surface area contributed by atoms with Crippen LogP contribution in [0.4, 0.5) is 0 Å². The number of H-pyrrole nitrogens is 1. The number of halogens is 1. The third kappa shape index (κ3) is 2.39. The molecule has 0 aliphatic heterocycles. The van der Waals surface area contributed by atoms with E-state index >= 15 is 0 Å². The standard InChI is InChI=1S/C14H12ClN5O2/c1-6-4-5-9(19-18-6)12-17-14(22-20-12)10-7(2)11(15)8(3)16-13(10)21/h4-5H,1-3H3,(H,16,21). The van der Waals surface area contributed by atoms with Crippen molar-refractivity contribution in [2.75, 3.05) is 0 Å². The maximum atomic E-state index is 12.1. The minimum absolute atomic E-state index is 0.0954. The first-order chi connectivity index (χ1) is 10.5. The molecule has 3 heterocycles. The lowest BCUT2D eigenvalue weighted by Crippen LogP contribution is -2.13. The van der Waals surface area contributed by atoms with Gasteiger partial charge in [-0.3, -0.25) is 4.79 Å². The average Bonchev–Trinajstić information content (AvgIpc) is 2.95. The van der Waals surface area contributed by atoms with Gasteiger partial charge in [0, 0.05) is 5.69 Å². The van der Waals surface area contributed by atoms with Gasteiger partial charge < -0.3 is 9.51 Å². The number of hydrogen-bond acceptors (Lipinski definition) is 6. The Labute approximate surface area is 130 Å². The summed E-state index contributed by atoms with van der Waals surface area (Å²) in [6.07, 6.45) is 0. The molecule has 0 unspecified atom stereocenters. The molecule has 112 valence electrons. The highest BCUT2D eigenvalue weighted by Crippen LogP contribution is 2.26. The molecule has 0 saturated heterocycles. The lowest BCUT2D eigenvalue weighted by molar-refractivity contribution is 0.431. The van der Waals surface area contributed by atoms with Crippen molar-refractivity contribution >= 4 is 11.6 Å². The van der Waals surface area contributed by atoms with E-state index in [1.165, 1.54) is 0 Å². The summed E-state index contributed by atoms with van der Waals surface area (Å²) in [5.74, 6) is 0.357. The monoisotopic (exact) mass is 317 g/mol. The maximum Gasteiger partial charge on any atom is 0.264 e. The Morgan fingerprint density at radius 1 is 1.18 bits per heavy atom. The highest BCUT2D eigenvalue weighted by Gasteiger charge is 2.19. The summed E-state index contributed by atoms with van der Waals surface area (Å²) in [6, 6.07) is 3.52. The van der Waals surface area contributed by atoms with Crippen LogP contribution in [0.2, 0.25) is 5.02 Å². The molecule has 22 heavy (non-hydrogen) atoms. The molecule has 0 aliphatic rings. The second-order valence-corrected chi connectivity index (χ2v) is 5.25. The predicted octanol–water partition coefficient (Wildman–Crippen LogP) is 2.46. The van der Waals surface area contributed by atoms with Crippen molar-refractivity contribution < 1.29 is 4.52 Å². The highest BCUT2D eigenvalue weighted by molar-refractivity contribution is 6.32. The van der Waals surface area contributed by atoms with Crippen LogP contribution in [-0.2, 0) is 0 Å². The zero-order chi connectivity index (χ0) is 15.9. The van der Waals surface area contributed by atoms with Gasteiger partial charge in [0.25, 0.3) is 11.4 Å². The van der Waals surface area contributed by atoms with Crippen LogP contribution in [0, 0.1) is 20.8 Å². The zero-order valence-corrected chi connectivity index (χ0v) is 12.9. The van der Waals surface area contributed by atoms with Crippen LogP contribution in [0.5, 0.6) is 0 Å². The molecule has 0 bridgehead atoms. The third-order valence-corrected chi connectivity index (χ3v) is 3.80. The Balaban J connectivity index is 2.10. The predicted molar refractivity (Wildman–Crippen MR) is 80.6 cm³/mol. The Kier molecular flexibility index (Phi) is 3.50. The third-order valence-electron chi connectivity index (χ3n) is 3.23. The van der Waals surface area contributed by atoms with E-state index in [0.29, 0.717) is 22.0 Å². The van der Waals surface area contributed by atoms with E-state index in [4.69, 9.17) is 16.1 Å². The molecule has 0 fully saturated rings. The normalized spacial score (nSPS) is 10.9. The van der Waals surface area contributed by atoms with Crippen molar-refractivity contribution in [3.63, 3.8) is 0 Å². The van der Waals surface area contributed by atoms with E-state index in [1.54, 1.807) is 26.0 Å². The van der Waals surface area contributed by atoms with Crippen LogP contribution in [0.15, 0.2) is 21.5 Å². The Morgan fingerprint density at radius 3 is 2.64 bits per heavy atom. The number of nitrogens with one attached hydrogen (secondary N) is 1. The number of nitrogens with zero attached hydrogens (tertiary/aromatic N) is 4. The van der Waals surface area contributed by atoms with E-state index < -0.39 is 0 Å². The fourth-order valence-electron chi connectivity index (χ4n) is 2.05. The van der Waals surface area contributed by atoms with Gasteiger partial charge in [0.15, 0.2) is 0 Å². The van der Waals surface area contributed by atoms with Gasteiger partial charge in [-0.05, 0) is 38.5 Å². The van der Waals surface area contributed by atoms with Crippen molar-refractivity contribution in [2.45, 2.75) is 20.8 Å². The fourth-order valence-corrected chi connectivity index (χ4v) is 2.20. The molecule has 3 aromatic heterocycles. The smallest absolute Gasteiger partial charge is 0.264 e. The molecular weight excluding hydrogens is 306 g/mol. The van der Waals surface area contributed by atoms with E-state index in [-0.39, 0.29) is 22.8 Å². The van der Waals surface area contributed by atoms with Gasteiger partial charge in [-0.25, -0.2) is 0 Å². The van der Waals surface area contributed by atoms with Crippen molar-refractivity contribution in [1.82, 2.24) is 25.3 Å². The summed E-state index contributed by atoms with van der Waals surface area (Å²) >= 11 is 6.16. The lowest BCUT2D eigenvalue weighted by atomic mass is 10.1. The highest BCUT2D eigenvalue weighted by atomic mass is 35.5. The molecule has 0 amide bonds. The number of aromatic nitrogens is 5. The largest absolute Gasteiger partial charge is 0.333 e. The summed E-state index contributed by atoms with van der Waals surface area (Å²) in [6.45, 7) is 5.28. The average molecular weight is 318 g/mol. The molecule has 0 radical (unpaired) electrons. The van der Waals surface area contributed by atoms with Crippen LogP contribution >= 0.6 is 11.6 Å². The Morgan fingerprint density at radius 2 is 1.95 bits per heavy atom. The van der Waals surface area contributed by atoms with Crippen LogP contribution in [0.3, 0.4) is 0 Å². The number of aryl methyl sites for hydroxylation is 2. The van der Waals surface area contributed by atoms with Crippen molar-refractivity contribution in [3.05, 3.63) is 44.5 Å². The number of pyridine rings is 1. The first-order valence-corrected chi connectivity index (χ1v) is 6.89. The summed E-state index contributed by atoms with van der Waals surface area (Å²) in [5.41, 5.74) is 2.36. The van der Waals surface area contributed by atoms with E-state index in [2.05, 4.69) is 25.3 Å². The summed E-state index contributed by atoms with van der Waals surface area (Å²) in [4.78, 5) is 19.0. The van der Waals surface area contributed by atoms with Crippen molar-refractivity contribution in [2.24, 2.45) is 0 Å². The second-order valence-electron chi connectivity index (χ2n) is 4.88. The zero-order valence-electron chi connectivity index (χ0n) is 12.1. The first-order valence-electron chi connectivity index (χ1n) is 6.51. The molecule has 3 rings (SSSR count). The fraction of sp³-hybridized carbons (Fsp3) is 0.214. The van der Waals surface area contributed by atoms with Gasteiger partial charge in [-0.2, -0.15) is 10.1 Å². The van der Waals surface area contributed by atoms with Gasteiger partial charge in [0.05, 0.1) is 10.7 Å². The second kappa shape index (κ2) is 5.34. The Hall–Kier alpha value is -2.54. The van der Waals surface area contributed by atoms with Gasteiger partial charge in [0.1, 0.15) is 11.3 Å². The maximum absolute atomic E-state index is 12.1. The summed E-state index contributed by atoms with van der Waals surface area (Å²) < 4.78 is 5.18. The van der Waals surface area contributed by atoms with Crippen LogP contribution in [0.1, 0.15) is 17.0 Å². The molecule has 7 nitrogen and oxygen atoms in total. The summed E-state index contributed by atoms with van der Waals surface area (Å²) in [7, 11) is 0. The molecular formula is C14H12ClN5O2. The lowest BCUT2D eigenvalue weighted by Gasteiger charge is -2.05. The molecule has 0 spiro atoms. The first kappa shape index (κ1) is 14.4. The minimum Gasteiger partial charge on any atom is -0.333 e. The molecule has 0 atom stereocenters. The van der Waals surface area contributed by atoms with Crippen molar-refractivity contribution in [1.29, 1.82) is 0 Å². The number of aromatic amines is 1. The van der Waals surface area contributed by atoms with E-state index in [1.807, 2.05) is 6.92 Å². The quantitative estimate of drug-likeness (QED) is 0.779. The number of hydrogen-bond donors (Lipinski definition) is 1. The van der Waals surface area contributed by atoms with Gasteiger partial charge in [-0.15, -0.1) is 5.10 Å². The molecule has 0 saturated carbocycles. The van der Waals surface area contributed by atoms with E-state index in [9.17, 15) is 4.79 Å². The summed E-state index contributed by atoms with van der Waals surface area (Å²) in [5, 5.41) is 12.2.